The van der Waals surface area contributed by atoms with E-state index in [0.29, 0.717) is 28.7 Å². The molecule has 1 saturated heterocycles. The van der Waals surface area contributed by atoms with Gasteiger partial charge in [0.25, 0.3) is 5.91 Å². The molecular weight excluding hydrogens is 387 g/mol. The topological polar surface area (TPSA) is 42.0 Å². The molecule has 27 heavy (non-hydrogen) atoms. The van der Waals surface area contributed by atoms with Gasteiger partial charge in [-0.2, -0.15) is 0 Å². The molecular formula is C20H22Cl2N2O3. The number of amides is 1. The zero-order chi connectivity index (χ0) is 19.4. The van der Waals surface area contributed by atoms with E-state index in [1.165, 1.54) is 0 Å². The van der Waals surface area contributed by atoms with Crippen LogP contribution < -0.4 is 9.47 Å². The molecule has 0 bridgehead atoms. The monoisotopic (exact) mass is 408 g/mol. The van der Waals surface area contributed by atoms with Gasteiger partial charge in [0.15, 0.2) is 0 Å². The highest BCUT2D eigenvalue weighted by atomic mass is 35.5. The van der Waals surface area contributed by atoms with E-state index in [0.717, 1.165) is 36.7 Å². The van der Waals surface area contributed by atoms with E-state index in [-0.39, 0.29) is 5.91 Å². The van der Waals surface area contributed by atoms with Crippen LogP contribution in [0, 0.1) is 0 Å². The van der Waals surface area contributed by atoms with Crippen molar-refractivity contribution in [3.05, 3.63) is 57.6 Å². The number of nitrogens with zero attached hydrogens (tertiary/aromatic N) is 2. The van der Waals surface area contributed by atoms with Gasteiger partial charge in [0.05, 0.1) is 24.3 Å². The zero-order valence-corrected chi connectivity index (χ0v) is 16.9. The second kappa shape index (κ2) is 8.83. The quantitative estimate of drug-likeness (QED) is 0.750. The Morgan fingerprint density at radius 1 is 0.963 bits per heavy atom. The molecule has 5 nitrogen and oxygen atoms in total. The van der Waals surface area contributed by atoms with E-state index in [9.17, 15) is 4.79 Å². The lowest BCUT2D eigenvalue weighted by Crippen LogP contribution is -2.48. The van der Waals surface area contributed by atoms with Gasteiger partial charge in [0, 0.05) is 43.9 Å². The number of hydrogen-bond acceptors (Lipinski definition) is 4. The fourth-order valence-corrected chi connectivity index (χ4v) is 3.47. The first-order valence-electron chi connectivity index (χ1n) is 8.69. The molecule has 0 aromatic heterocycles. The van der Waals surface area contributed by atoms with Gasteiger partial charge in [-0.1, -0.05) is 23.2 Å². The third kappa shape index (κ3) is 4.67. The average molecular weight is 409 g/mol. The second-order valence-electron chi connectivity index (χ2n) is 6.38. The summed E-state index contributed by atoms with van der Waals surface area (Å²) < 4.78 is 10.8. The van der Waals surface area contributed by atoms with Crippen LogP contribution in [0.4, 0.5) is 0 Å². The minimum Gasteiger partial charge on any atom is -0.497 e. The Balaban J connectivity index is 1.62. The first-order valence-corrected chi connectivity index (χ1v) is 9.45. The smallest absolute Gasteiger partial charge is 0.253 e. The third-order valence-electron chi connectivity index (χ3n) is 4.71. The van der Waals surface area contributed by atoms with Crippen LogP contribution in [-0.4, -0.2) is 56.1 Å². The van der Waals surface area contributed by atoms with Crippen LogP contribution >= 0.6 is 23.2 Å². The van der Waals surface area contributed by atoms with E-state index < -0.39 is 0 Å². The summed E-state index contributed by atoms with van der Waals surface area (Å²) in [7, 11) is 3.32. The standard InChI is InChI=1S/C20H22Cl2N2O3/c1-26-16-4-6-19(27-2)15(11-16)13-23-7-9-24(10-8-23)20(25)14-3-5-17(21)18(22)12-14/h3-6,11-12H,7-10,13H2,1-2H3. The Morgan fingerprint density at radius 3 is 2.33 bits per heavy atom. The van der Waals surface area contributed by atoms with Gasteiger partial charge < -0.3 is 14.4 Å². The summed E-state index contributed by atoms with van der Waals surface area (Å²) in [4.78, 5) is 16.8. The summed E-state index contributed by atoms with van der Waals surface area (Å²) in [6.07, 6.45) is 0. The van der Waals surface area contributed by atoms with Crippen LogP contribution in [0.2, 0.25) is 10.0 Å². The Labute approximate surface area is 169 Å². The molecule has 1 aliphatic heterocycles. The highest BCUT2D eigenvalue weighted by Gasteiger charge is 2.23. The zero-order valence-electron chi connectivity index (χ0n) is 15.4. The van der Waals surface area contributed by atoms with Gasteiger partial charge in [-0.05, 0) is 36.4 Å². The summed E-state index contributed by atoms with van der Waals surface area (Å²) in [6.45, 7) is 3.63. The molecule has 1 aliphatic rings. The Hall–Kier alpha value is -1.95. The van der Waals surface area contributed by atoms with Crippen LogP contribution in [0.1, 0.15) is 15.9 Å². The summed E-state index contributed by atoms with van der Waals surface area (Å²) in [5, 5.41) is 0.844. The normalized spacial score (nSPS) is 14.9. The number of piperazine rings is 1. The SMILES string of the molecule is COc1ccc(OC)c(CN2CCN(C(=O)c3ccc(Cl)c(Cl)c3)CC2)c1. The highest BCUT2D eigenvalue weighted by Crippen LogP contribution is 2.26. The van der Waals surface area contributed by atoms with Gasteiger partial charge >= 0.3 is 0 Å². The average Bonchev–Trinajstić information content (AvgIpc) is 2.70. The summed E-state index contributed by atoms with van der Waals surface area (Å²) >= 11 is 12.0. The molecule has 0 aliphatic carbocycles. The van der Waals surface area contributed by atoms with E-state index in [1.54, 1.807) is 32.4 Å². The first-order chi connectivity index (χ1) is 13.0. The van der Waals surface area contributed by atoms with Crippen LogP contribution in [-0.2, 0) is 6.54 Å². The van der Waals surface area contributed by atoms with Crippen LogP contribution in [0.5, 0.6) is 11.5 Å². The van der Waals surface area contributed by atoms with Crippen LogP contribution in [0.25, 0.3) is 0 Å². The highest BCUT2D eigenvalue weighted by molar-refractivity contribution is 6.42. The summed E-state index contributed by atoms with van der Waals surface area (Å²) in [5.74, 6) is 1.62. The van der Waals surface area contributed by atoms with Crippen molar-refractivity contribution in [2.24, 2.45) is 0 Å². The maximum atomic E-state index is 12.7. The molecule has 0 saturated carbocycles. The van der Waals surface area contributed by atoms with Gasteiger partial charge in [-0.25, -0.2) is 0 Å². The van der Waals surface area contributed by atoms with E-state index >= 15 is 0 Å². The summed E-state index contributed by atoms with van der Waals surface area (Å²) in [5.41, 5.74) is 1.63. The number of hydrogen-bond donors (Lipinski definition) is 0. The van der Waals surface area contributed by atoms with Crippen LogP contribution in [0.15, 0.2) is 36.4 Å². The maximum absolute atomic E-state index is 12.7. The molecule has 1 fully saturated rings. The van der Waals surface area contributed by atoms with Crippen molar-refractivity contribution in [2.75, 3.05) is 40.4 Å². The largest absolute Gasteiger partial charge is 0.497 e. The molecule has 0 N–H and O–H groups in total. The van der Waals surface area contributed by atoms with Gasteiger partial charge in [-0.15, -0.1) is 0 Å². The Morgan fingerprint density at radius 2 is 1.70 bits per heavy atom. The molecule has 0 unspecified atom stereocenters. The number of methoxy groups -OCH3 is 2. The fraction of sp³-hybridized carbons (Fsp3) is 0.350. The first kappa shape index (κ1) is 19.8. The van der Waals surface area contributed by atoms with E-state index in [4.69, 9.17) is 32.7 Å². The van der Waals surface area contributed by atoms with Crippen molar-refractivity contribution < 1.29 is 14.3 Å². The Bertz CT molecular complexity index is 821. The number of carbonyl (C=O) groups is 1. The van der Waals surface area contributed by atoms with Crippen molar-refractivity contribution >= 4 is 29.1 Å². The fourth-order valence-electron chi connectivity index (χ4n) is 3.17. The molecule has 144 valence electrons. The minimum absolute atomic E-state index is 0.0211. The van der Waals surface area contributed by atoms with Crippen molar-refractivity contribution in [3.8, 4) is 11.5 Å². The van der Waals surface area contributed by atoms with Crippen molar-refractivity contribution in [1.29, 1.82) is 0 Å². The Kier molecular flexibility index (Phi) is 6.47. The molecule has 0 atom stereocenters. The van der Waals surface area contributed by atoms with Gasteiger partial charge in [0.2, 0.25) is 0 Å². The van der Waals surface area contributed by atoms with E-state index in [2.05, 4.69) is 4.90 Å². The number of ether oxygens (including phenoxy) is 2. The van der Waals surface area contributed by atoms with Gasteiger partial charge in [0.1, 0.15) is 11.5 Å². The van der Waals surface area contributed by atoms with E-state index in [1.807, 2.05) is 23.1 Å². The molecule has 2 aromatic carbocycles. The molecule has 1 amide bonds. The number of halogens is 2. The third-order valence-corrected chi connectivity index (χ3v) is 5.45. The molecule has 1 heterocycles. The lowest BCUT2D eigenvalue weighted by atomic mass is 10.1. The lowest BCUT2D eigenvalue weighted by Gasteiger charge is -2.35. The predicted octanol–water partition coefficient (Wildman–Crippen LogP) is 3.97. The van der Waals surface area contributed by atoms with Crippen molar-refractivity contribution in [1.82, 2.24) is 9.80 Å². The van der Waals surface area contributed by atoms with Crippen molar-refractivity contribution in [3.63, 3.8) is 0 Å². The van der Waals surface area contributed by atoms with Crippen LogP contribution in [0.3, 0.4) is 0 Å². The predicted molar refractivity (Wildman–Crippen MR) is 107 cm³/mol. The van der Waals surface area contributed by atoms with Crippen molar-refractivity contribution in [2.45, 2.75) is 6.54 Å². The molecule has 3 rings (SSSR count). The van der Waals surface area contributed by atoms with Gasteiger partial charge in [-0.3, -0.25) is 9.69 Å². The minimum atomic E-state index is -0.0211. The molecule has 2 aromatic rings. The number of benzene rings is 2. The molecule has 0 radical (unpaired) electrons. The maximum Gasteiger partial charge on any atom is 0.253 e. The lowest BCUT2D eigenvalue weighted by molar-refractivity contribution is 0.0627. The second-order valence-corrected chi connectivity index (χ2v) is 7.19. The summed E-state index contributed by atoms with van der Waals surface area (Å²) in [6, 6.07) is 10.8. The molecule has 0 spiro atoms. The number of rotatable bonds is 5. The molecule has 7 heteroatoms. The number of carbonyl (C=O) groups excluding carboxylic acids is 1.